The predicted octanol–water partition coefficient (Wildman–Crippen LogP) is -0.183. The van der Waals surface area contributed by atoms with Crippen LogP contribution in [0.3, 0.4) is 0 Å². The Morgan fingerprint density at radius 1 is 0.926 bits per heavy atom. The minimum atomic E-state index is -3.44. The summed E-state index contributed by atoms with van der Waals surface area (Å²) in [6.45, 7) is 4.46. The molecule has 10 heteroatoms. The molecule has 0 bridgehead atoms. The molecule has 2 aliphatic rings. The largest absolute Gasteiger partial charge is 0.336 e. The van der Waals surface area contributed by atoms with Crippen molar-refractivity contribution in [3.8, 4) is 0 Å². The Labute approximate surface area is 167 Å². The molecule has 0 atom stereocenters. The molecule has 1 aromatic rings. The number of nitrogens with two attached hydrogens (primary N) is 1. The molecule has 27 heavy (non-hydrogen) atoms. The molecule has 2 aliphatic heterocycles. The molecule has 0 aromatic heterocycles. The average Bonchev–Trinajstić information content (AvgIpc) is 2.68. The Morgan fingerprint density at radius 2 is 1.41 bits per heavy atom. The average molecular weight is 418 g/mol. The fourth-order valence-electron chi connectivity index (χ4n) is 3.27. The highest BCUT2D eigenvalue weighted by Crippen LogP contribution is 2.16. The molecule has 1 amide bonds. The van der Waals surface area contributed by atoms with Gasteiger partial charge in [0.05, 0.1) is 0 Å². The first-order chi connectivity index (χ1) is 12.4. The number of carbonyl (C=O) groups is 1. The number of hydrogen-bond donors (Lipinski definition) is 1. The van der Waals surface area contributed by atoms with Crippen molar-refractivity contribution in [1.82, 2.24) is 18.4 Å². The van der Waals surface area contributed by atoms with Crippen molar-refractivity contribution in [3.63, 3.8) is 0 Å². The van der Waals surface area contributed by atoms with Crippen LogP contribution >= 0.6 is 12.4 Å². The standard InChI is InChI=1S/C17H27N5O3S.ClH/c1-19-6-10-21(11-7-19)26(24,25)22-12-8-20(9-13-22)17(23)16-4-2-15(14-18)3-5-16;/h2-5H,6-14,18H2,1H3;1H. The van der Waals surface area contributed by atoms with Crippen LogP contribution in [0.2, 0.25) is 0 Å². The zero-order chi connectivity index (χ0) is 18.7. The summed E-state index contributed by atoms with van der Waals surface area (Å²) in [4.78, 5) is 16.4. The van der Waals surface area contributed by atoms with Crippen LogP contribution < -0.4 is 5.73 Å². The van der Waals surface area contributed by atoms with Crippen molar-refractivity contribution in [2.24, 2.45) is 5.73 Å². The van der Waals surface area contributed by atoms with Crippen LogP contribution in [0.5, 0.6) is 0 Å². The Balaban J connectivity index is 0.00000261. The number of piperazine rings is 2. The van der Waals surface area contributed by atoms with E-state index >= 15 is 0 Å². The van der Waals surface area contributed by atoms with Crippen LogP contribution in [0.15, 0.2) is 24.3 Å². The molecule has 0 saturated carbocycles. The first-order valence-electron chi connectivity index (χ1n) is 8.94. The van der Waals surface area contributed by atoms with Crippen molar-refractivity contribution < 1.29 is 13.2 Å². The van der Waals surface area contributed by atoms with Gasteiger partial charge in [0.15, 0.2) is 0 Å². The van der Waals surface area contributed by atoms with Gasteiger partial charge >= 0.3 is 0 Å². The summed E-state index contributed by atoms with van der Waals surface area (Å²) in [5.41, 5.74) is 7.16. The Bertz CT molecular complexity index is 727. The minimum absolute atomic E-state index is 0. The van der Waals surface area contributed by atoms with E-state index in [4.69, 9.17) is 5.73 Å². The molecule has 3 rings (SSSR count). The summed E-state index contributed by atoms with van der Waals surface area (Å²) >= 11 is 0. The lowest BCUT2D eigenvalue weighted by molar-refractivity contribution is 0.0692. The topological polar surface area (TPSA) is 90.2 Å². The minimum Gasteiger partial charge on any atom is -0.336 e. The summed E-state index contributed by atoms with van der Waals surface area (Å²) in [6.07, 6.45) is 0. The third-order valence-electron chi connectivity index (χ3n) is 5.08. The van der Waals surface area contributed by atoms with E-state index in [9.17, 15) is 13.2 Å². The van der Waals surface area contributed by atoms with Crippen LogP contribution in [0.4, 0.5) is 0 Å². The SMILES string of the molecule is CN1CCN(S(=O)(=O)N2CCN(C(=O)c3ccc(CN)cc3)CC2)CC1.Cl. The highest BCUT2D eigenvalue weighted by Gasteiger charge is 2.34. The molecule has 0 aliphatic carbocycles. The fraction of sp³-hybridized carbons (Fsp3) is 0.588. The van der Waals surface area contributed by atoms with Crippen molar-refractivity contribution in [2.75, 3.05) is 59.4 Å². The van der Waals surface area contributed by atoms with Gasteiger partial charge in [0.2, 0.25) is 0 Å². The second-order valence-corrected chi connectivity index (χ2v) is 8.73. The lowest BCUT2D eigenvalue weighted by Crippen LogP contribution is -2.57. The highest BCUT2D eigenvalue weighted by molar-refractivity contribution is 7.86. The van der Waals surface area contributed by atoms with E-state index in [1.165, 1.54) is 4.31 Å². The Kier molecular flexibility index (Phi) is 7.61. The molecule has 0 unspecified atom stereocenters. The zero-order valence-electron chi connectivity index (χ0n) is 15.6. The first-order valence-corrected chi connectivity index (χ1v) is 10.3. The predicted molar refractivity (Wildman–Crippen MR) is 107 cm³/mol. The van der Waals surface area contributed by atoms with Gasteiger partial charge in [-0.05, 0) is 24.7 Å². The summed E-state index contributed by atoms with van der Waals surface area (Å²) in [5.74, 6) is -0.0646. The summed E-state index contributed by atoms with van der Waals surface area (Å²) in [7, 11) is -1.45. The van der Waals surface area contributed by atoms with E-state index in [0.29, 0.717) is 51.4 Å². The lowest BCUT2D eigenvalue weighted by atomic mass is 10.1. The van der Waals surface area contributed by atoms with Crippen molar-refractivity contribution in [3.05, 3.63) is 35.4 Å². The molecule has 0 spiro atoms. The number of nitrogens with zero attached hydrogens (tertiary/aromatic N) is 4. The van der Waals surface area contributed by atoms with Gasteiger partial charge in [0, 0.05) is 64.5 Å². The number of hydrogen-bond acceptors (Lipinski definition) is 5. The van der Waals surface area contributed by atoms with Gasteiger partial charge in [-0.25, -0.2) is 0 Å². The molecule has 8 nitrogen and oxygen atoms in total. The number of rotatable bonds is 4. The number of halogens is 1. The van der Waals surface area contributed by atoms with E-state index in [1.54, 1.807) is 21.3 Å². The van der Waals surface area contributed by atoms with E-state index in [-0.39, 0.29) is 18.3 Å². The summed E-state index contributed by atoms with van der Waals surface area (Å²) < 4.78 is 28.6. The van der Waals surface area contributed by atoms with Gasteiger partial charge in [-0.1, -0.05) is 12.1 Å². The van der Waals surface area contributed by atoms with Crippen molar-refractivity contribution in [1.29, 1.82) is 0 Å². The fourth-order valence-corrected chi connectivity index (χ4v) is 4.85. The van der Waals surface area contributed by atoms with Crippen molar-refractivity contribution >= 4 is 28.5 Å². The summed E-state index contributed by atoms with van der Waals surface area (Å²) in [6, 6.07) is 7.25. The lowest BCUT2D eigenvalue weighted by Gasteiger charge is -2.39. The Morgan fingerprint density at radius 3 is 1.89 bits per heavy atom. The monoisotopic (exact) mass is 417 g/mol. The maximum absolute atomic E-state index is 12.8. The number of carbonyl (C=O) groups excluding carboxylic acids is 1. The van der Waals surface area contributed by atoms with Gasteiger partial charge < -0.3 is 15.5 Å². The zero-order valence-corrected chi connectivity index (χ0v) is 17.2. The number of amides is 1. The van der Waals surface area contributed by atoms with Crippen LogP contribution in [-0.2, 0) is 16.8 Å². The molecule has 0 radical (unpaired) electrons. The quantitative estimate of drug-likeness (QED) is 0.733. The molecular formula is C17H28ClN5O3S. The van der Waals surface area contributed by atoms with Gasteiger partial charge in [-0.15, -0.1) is 12.4 Å². The second kappa shape index (κ2) is 9.31. The van der Waals surface area contributed by atoms with Crippen LogP contribution in [0.25, 0.3) is 0 Å². The molecule has 2 saturated heterocycles. The molecule has 2 N–H and O–H groups in total. The highest BCUT2D eigenvalue weighted by atomic mass is 35.5. The molecule has 152 valence electrons. The van der Waals surface area contributed by atoms with Gasteiger partial charge in [-0.2, -0.15) is 17.0 Å². The van der Waals surface area contributed by atoms with E-state index < -0.39 is 10.2 Å². The van der Waals surface area contributed by atoms with E-state index in [2.05, 4.69) is 4.90 Å². The van der Waals surface area contributed by atoms with Gasteiger partial charge in [-0.3, -0.25) is 4.79 Å². The maximum Gasteiger partial charge on any atom is 0.282 e. The van der Waals surface area contributed by atoms with Crippen LogP contribution in [0.1, 0.15) is 15.9 Å². The van der Waals surface area contributed by atoms with Gasteiger partial charge in [0.1, 0.15) is 0 Å². The number of likely N-dealkylation sites (N-methyl/N-ethyl adjacent to an activating group) is 1. The Hall–Kier alpha value is -1.23. The normalized spacial score (nSPS) is 20.3. The molecule has 1 aromatic carbocycles. The third kappa shape index (κ3) is 4.98. The smallest absolute Gasteiger partial charge is 0.282 e. The number of benzene rings is 1. The van der Waals surface area contributed by atoms with E-state index in [0.717, 1.165) is 18.7 Å². The second-order valence-electron chi connectivity index (χ2n) is 6.80. The van der Waals surface area contributed by atoms with E-state index in [1.807, 2.05) is 19.2 Å². The summed E-state index contributed by atoms with van der Waals surface area (Å²) in [5, 5.41) is 0. The molecular weight excluding hydrogens is 390 g/mol. The maximum atomic E-state index is 12.8. The van der Waals surface area contributed by atoms with Crippen LogP contribution in [-0.4, -0.2) is 92.1 Å². The van der Waals surface area contributed by atoms with Gasteiger partial charge in [0.25, 0.3) is 16.1 Å². The molecule has 2 fully saturated rings. The first kappa shape index (κ1) is 22.1. The van der Waals surface area contributed by atoms with Crippen LogP contribution in [0, 0.1) is 0 Å². The third-order valence-corrected chi connectivity index (χ3v) is 7.11. The van der Waals surface area contributed by atoms with Crippen molar-refractivity contribution in [2.45, 2.75) is 6.54 Å². The molecule has 2 heterocycles.